The molecule has 0 fully saturated rings. The summed E-state index contributed by atoms with van der Waals surface area (Å²) in [5, 5.41) is 18.5. The average molecular weight is 304 g/mol. The Bertz CT molecular complexity index is 516. The highest BCUT2D eigenvalue weighted by atomic mass is 32.2. The molecule has 0 saturated carbocycles. The third kappa shape index (κ3) is 5.86. The van der Waals surface area contributed by atoms with Gasteiger partial charge in [0.15, 0.2) is 0 Å². The van der Waals surface area contributed by atoms with Crippen LogP contribution in [0.4, 0.5) is 0 Å². The molecular formula is C11H17BO5S2. The molecule has 0 bridgehead atoms. The van der Waals surface area contributed by atoms with E-state index in [1.54, 1.807) is 18.2 Å². The van der Waals surface area contributed by atoms with E-state index < -0.39 is 17.0 Å². The smallest absolute Gasteiger partial charge is 0.488 e. The van der Waals surface area contributed by atoms with Crippen LogP contribution in [0.1, 0.15) is 5.56 Å². The first kappa shape index (κ1) is 16.4. The van der Waals surface area contributed by atoms with Gasteiger partial charge in [-0.15, -0.1) is 0 Å². The topological polar surface area (TPSA) is 83.8 Å². The van der Waals surface area contributed by atoms with Gasteiger partial charge in [0.2, 0.25) is 0 Å². The zero-order valence-electron chi connectivity index (χ0n) is 10.9. The number of rotatable bonds is 7. The van der Waals surface area contributed by atoms with E-state index in [-0.39, 0.29) is 5.75 Å². The molecule has 5 nitrogen and oxygen atoms in total. The van der Waals surface area contributed by atoms with Gasteiger partial charge in [0, 0.05) is 17.8 Å². The number of thioether (sulfide) groups is 1. The Balaban J connectivity index is 2.70. The quantitative estimate of drug-likeness (QED) is 0.529. The zero-order valence-corrected chi connectivity index (χ0v) is 12.5. The molecule has 0 aliphatic rings. The molecule has 1 aromatic rings. The van der Waals surface area contributed by atoms with E-state index in [1.807, 2.05) is 0 Å². The van der Waals surface area contributed by atoms with Gasteiger partial charge in [0.05, 0.1) is 12.9 Å². The summed E-state index contributed by atoms with van der Waals surface area (Å²) < 4.78 is 27.1. The Morgan fingerprint density at radius 2 is 2.05 bits per heavy atom. The molecule has 0 aromatic heterocycles. The fourth-order valence-electron chi connectivity index (χ4n) is 1.48. The minimum absolute atomic E-state index is 0.110. The highest BCUT2D eigenvalue weighted by Crippen LogP contribution is 2.17. The minimum Gasteiger partial charge on any atom is -0.497 e. The first-order chi connectivity index (χ1) is 8.83. The molecule has 0 atom stereocenters. The van der Waals surface area contributed by atoms with Crippen LogP contribution in [0.25, 0.3) is 0 Å². The second-order valence-corrected chi connectivity index (χ2v) is 7.49. The Morgan fingerprint density at radius 3 is 2.58 bits per heavy atom. The Hall–Kier alpha value is -0.695. The van der Waals surface area contributed by atoms with Crippen molar-refractivity contribution >= 4 is 34.2 Å². The number of sulfone groups is 1. The van der Waals surface area contributed by atoms with Gasteiger partial charge in [-0.05, 0) is 23.2 Å². The maximum absolute atomic E-state index is 11.0. The molecule has 0 saturated heterocycles. The second kappa shape index (κ2) is 7.18. The van der Waals surface area contributed by atoms with E-state index >= 15 is 0 Å². The molecule has 1 rings (SSSR count). The van der Waals surface area contributed by atoms with E-state index in [4.69, 9.17) is 4.74 Å². The maximum Gasteiger partial charge on any atom is 0.488 e. The summed E-state index contributed by atoms with van der Waals surface area (Å²) in [5.74, 6) is 1.71. The van der Waals surface area contributed by atoms with Gasteiger partial charge < -0.3 is 14.8 Å². The van der Waals surface area contributed by atoms with Crippen molar-refractivity contribution in [1.29, 1.82) is 0 Å². The molecule has 2 N–H and O–H groups in total. The lowest BCUT2D eigenvalue weighted by Gasteiger charge is -2.10. The fraction of sp³-hybridized carbons (Fsp3) is 0.455. The monoisotopic (exact) mass is 304 g/mol. The van der Waals surface area contributed by atoms with E-state index in [2.05, 4.69) is 0 Å². The largest absolute Gasteiger partial charge is 0.497 e. The summed E-state index contributed by atoms with van der Waals surface area (Å²) in [7, 11) is -2.97. The normalized spacial score (nSPS) is 11.4. The van der Waals surface area contributed by atoms with Crippen LogP contribution in [-0.2, 0) is 15.6 Å². The van der Waals surface area contributed by atoms with Gasteiger partial charge >= 0.3 is 7.12 Å². The summed E-state index contributed by atoms with van der Waals surface area (Å²) in [6.07, 6.45) is 1.20. The van der Waals surface area contributed by atoms with Crippen LogP contribution in [0, 0.1) is 0 Å². The number of hydrogen-bond donors (Lipinski definition) is 2. The predicted octanol–water partition coefficient (Wildman–Crippen LogP) is -0.347. The number of ether oxygens (including phenoxy) is 1. The zero-order chi connectivity index (χ0) is 14.5. The highest BCUT2D eigenvalue weighted by Gasteiger charge is 2.16. The predicted molar refractivity (Wildman–Crippen MR) is 78.7 cm³/mol. The molecule has 106 valence electrons. The van der Waals surface area contributed by atoms with Crippen LogP contribution in [0.3, 0.4) is 0 Å². The van der Waals surface area contributed by atoms with Crippen LogP contribution in [0.5, 0.6) is 5.75 Å². The van der Waals surface area contributed by atoms with Gasteiger partial charge in [0.1, 0.15) is 15.6 Å². The summed E-state index contributed by atoms with van der Waals surface area (Å²) >= 11 is 1.43. The lowest BCUT2D eigenvalue weighted by molar-refractivity contribution is 0.413. The molecule has 1 aromatic carbocycles. The molecule has 0 heterocycles. The van der Waals surface area contributed by atoms with Crippen molar-refractivity contribution in [3.05, 3.63) is 23.8 Å². The van der Waals surface area contributed by atoms with Crippen molar-refractivity contribution < 1.29 is 23.2 Å². The molecule has 0 aliphatic heterocycles. The Morgan fingerprint density at radius 1 is 1.37 bits per heavy atom. The maximum atomic E-state index is 11.0. The van der Waals surface area contributed by atoms with E-state index in [0.717, 1.165) is 5.56 Å². The van der Waals surface area contributed by atoms with Crippen LogP contribution in [-0.4, -0.2) is 50.5 Å². The van der Waals surface area contributed by atoms with Gasteiger partial charge in [-0.25, -0.2) is 8.42 Å². The fourth-order valence-corrected chi connectivity index (χ4v) is 3.78. The Kier molecular flexibility index (Phi) is 6.19. The van der Waals surface area contributed by atoms with Gasteiger partial charge in [0.25, 0.3) is 0 Å². The number of methoxy groups -OCH3 is 1. The highest BCUT2D eigenvalue weighted by molar-refractivity contribution is 7.99. The van der Waals surface area contributed by atoms with Gasteiger partial charge in [-0.3, -0.25) is 0 Å². The first-order valence-corrected chi connectivity index (χ1v) is 8.83. The molecule has 0 amide bonds. The summed E-state index contributed by atoms with van der Waals surface area (Å²) in [4.78, 5) is 0. The molecule has 0 aliphatic carbocycles. The van der Waals surface area contributed by atoms with E-state index in [0.29, 0.717) is 22.7 Å². The lowest BCUT2D eigenvalue weighted by Crippen LogP contribution is -2.32. The van der Waals surface area contributed by atoms with Crippen molar-refractivity contribution in [2.24, 2.45) is 0 Å². The van der Waals surface area contributed by atoms with Crippen LogP contribution in [0.2, 0.25) is 0 Å². The third-order valence-corrected chi connectivity index (χ3v) is 4.70. The summed E-state index contributed by atoms with van der Waals surface area (Å²) in [5.41, 5.74) is 1.14. The van der Waals surface area contributed by atoms with Crippen molar-refractivity contribution in [2.75, 3.05) is 24.9 Å². The van der Waals surface area contributed by atoms with Crippen molar-refractivity contribution in [2.45, 2.75) is 5.75 Å². The molecular weight excluding hydrogens is 287 g/mol. The minimum atomic E-state index is -2.96. The third-order valence-electron chi connectivity index (χ3n) is 2.48. The van der Waals surface area contributed by atoms with E-state index in [1.165, 1.54) is 25.1 Å². The van der Waals surface area contributed by atoms with Crippen LogP contribution >= 0.6 is 11.8 Å². The van der Waals surface area contributed by atoms with Gasteiger partial charge in [-0.2, -0.15) is 11.8 Å². The molecule has 0 spiro atoms. The average Bonchev–Trinajstić information content (AvgIpc) is 2.33. The standard InChI is InChI=1S/C11H17BO5S2/c1-17-10-3-4-11(12(13)14)9(7-10)8-18-5-6-19(2,15)16/h3-4,7,13-14H,5-6,8H2,1-2H3. The van der Waals surface area contributed by atoms with Crippen LogP contribution < -0.4 is 10.2 Å². The molecule has 19 heavy (non-hydrogen) atoms. The lowest BCUT2D eigenvalue weighted by atomic mass is 9.77. The molecule has 0 unspecified atom stereocenters. The number of hydrogen-bond acceptors (Lipinski definition) is 6. The van der Waals surface area contributed by atoms with Crippen LogP contribution in [0.15, 0.2) is 18.2 Å². The van der Waals surface area contributed by atoms with E-state index in [9.17, 15) is 18.5 Å². The molecule has 8 heteroatoms. The Labute approximate surface area is 118 Å². The summed E-state index contributed by atoms with van der Waals surface area (Å²) in [6.45, 7) is 0. The second-order valence-electron chi connectivity index (χ2n) is 4.12. The first-order valence-electron chi connectivity index (χ1n) is 5.62. The SMILES string of the molecule is COc1ccc(B(O)O)c(CSCCS(C)(=O)=O)c1. The number of benzene rings is 1. The van der Waals surface area contributed by atoms with Crippen molar-refractivity contribution in [3.63, 3.8) is 0 Å². The molecule has 0 radical (unpaired) electrons. The van der Waals surface area contributed by atoms with Crippen molar-refractivity contribution in [1.82, 2.24) is 0 Å². The van der Waals surface area contributed by atoms with Crippen molar-refractivity contribution in [3.8, 4) is 5.75 Å². The summed E-state index contributed by atoms with van der Waals surface area (Å²) in [6, 6.07) is 4.97. The van der Waals surface area contributed by atoms with Gasteiger partial charge in [-0.1, -0.05) is 6.07 Å².